The molecule has 0 unspecified atom stereocenters. The van der Waals surface area contributed by atoms with E-state index >= 15 is 0 Å². The standard InChI is InChI=1S/C13H12F3N3O4S2/c14-13(15,16)11(20)18-12-17-9-2-1-8(7-10(9)24-12)25(21,22)19-3-5-23-6-4-19/h1-2,7H,3-6H2,(H,17,18,20). The average molecular weight is 395 g/mol. The maximum Gasteiger partial charge on any atom is 0.471 e. The van der Waals surface area contributed by atoms with E-state index in [-0.39, 0.29) is 23.1 Å². The first-order chi connectivity index (χ1) is 11.7. The van der Waals surface area contributed by atoms with Crippen molar-refractivity contribution in [3.8, 4) is 0 Å². The fourth-order valence-corrected chi connectivity index (χ4v) is 4.63. The minimum Gasteiger partial charge on any atom is -0.379 e. The summed E-state index contributed by atoms with van der Waals surface area (Å²) in [4.78, 5) is 14.8. The Labute approximate surface area is 144 Å². The van der Waals surface area contributed by atoms with Crippen molar-refractivity contribution >= 4 is 42.6 Å². The SMILES string of the molecule is O=C(Nc1nc2ccc(S(=O)(=O)N3CCOCC3)cc2s1)C(F)(F)F. The summed E-state index contributed by atoms with van der Waals surface area (Å²) < 4.78 is 68.8. The van der Waals surface area contributed by atoms with Gasteiger partial charge >= 0.3 is 12.1 Å². The molecule has 0 bridgehead atoms. The fourth-order valence-electron chi connectivity index (χ4n) is 2.22. The van der Waals surface area contributed by atoms with E-state index in [9.17, 15) is 26.4 Å². The Bertz CT molecular complexity index is 905. The molecular formula is C13H12F3N3O4S2. The summed E-state index contributed by atoms with van der Waals surface area (Å²) in [5, 5.41) is 1.41. The number of morpholine rings is 1. The molecule has 12 heteroatoms. The number of nitrogens with one attached hydrogen (secondary N) is 1. The Hall–Kier alpha value is -1.76. The van der Waals surface area contributed by atoms with Crippen LogP contribution in [-0.4, -0.2) is 56.1 Å². The van der Waals surface area contributed by atoms with Crippen molar-refractivity contribution in [1.82, 2.24) is 9.29 Å². The normalized spacial score (nSPS) is 16.9. The summed E-state index contributed by atoms with van der Waals surface area (Å²) in [6.07, 6.45) is -5.03. The van der Waals surface area contributed by atoms with Crippen LogP contribution in [0.25, 0.3) is 10.2 Å². The van der Waals surface area contributed by atoms with Crippen molar-refractivity contribution in [2.75, 3.05) is 31.6 Å². The zero-order valence-electron chi connectivity index (χ0n) is 12.5. The predicted molar refractivity (Wildman–Crippen MR) is 83.9 cm³/mol. The number of halogens is 3. The van der Waals surface area contributed by atoms with Crippen molar-refractivity contribution in [2.45, 2.75) is 11.1 Å². The number of carbonyl (C=O) groups excluding carboxylic acids is 1. The second-order valence-corrected chi connectivity index (χ2v) is 8.09. The second kappa shape index (κ2) is 6.52. The molecule has 1 N–H and O–H groups in total. The number of nitrogens with zero attached hydrogens (tertiary/aromatic N) is 2. The van der Waals surface area contributed by atoms with Crippen LogP contribution >= 0.6 is 11.3 Å². The highest BCUT2D eigenvalue weighted by Gasteiger charge is 2.39. The van der Waals surface area contributed by atoms with Gasteiger partial charge in [-0.3, -0.25) is 10.1 Å². The minimum atomic E-state index is -5.03. The third-order valence-corrected chi connectivity index (χ3v) is 6.27. The number of benzene rings is 1. The van der Waals surface area contributed by atoms with Gasteiger partial charge in [0.1, 0.15) is 0 Å². The Morgan fingerprint density at radius 1 is 1.28 bits per heavy atom. The smallest absolute Gasteiger partial charge is 0.379 e. The number of aromatic nitrogens is 1. The first kappa shape index (κ1) is 18.0. The van der Waals surface area contributed by atoms with E-state index in [1.807, 2.05) is 0 Å². The van der Waals surface area contributed by atoms with Gasteiger partial charge in [-0.1, -0.05) is 11.3 Å². The molecule has 2 aromatic rings. The molecule has 0 atom stereocenters. The molecule has 1 fully saturated rings. The van der Waals surface area contributed by atoms with Crippen LogP contribution in [0.15, 0.2) is 23.1 Å². The Morgan fingerprint density at radius 3 is 2.60 bits per heavy atom. The maximum absolute atomic E-state index is 12.6. The lowest BCUT2D eigenvalue weighted by atomic mass is 10.3. The largest absolute Gasteiger partial charge is 0.471 e. The predicted octanol–water partition coefficient (Wildman–Crippen LogP) is 1.82. The lowest BCUT2D eigenvalue weighted by Crippen LogP contribution is -2.40. The number of carbonyl (C=O) groups is 1. The van der Waals surface area contributed by atoms with E-state index in [0.717, 1.165) is 11.3 Å². The van der Waals surface area contributed by atoms with Crippen LogP contribution in [0, 0.1) is 0 Å². The van der Waals surface area contributed by atoms with Gasteiger partial charge in [0.25, 0.3) is 0 Å². The molecule has 25 heavy (non-hydrogen) atoms. The van der Waals surface area contributed by atoms with Gasteiger partial charge in [-0.2, -0.15) is 17.5 Å². The summed E-state index contributed by atoms with van der Waals surface area (Å²) in [7, 11) is -3.73. The van der Waals surface area contributed by atoms with Gasteiger partial charge in [0.2, 0.25) is 10.0 Å². The summed E-state index contributed by atoms with van der Waals surface area (Å²) in [6, 6.07) is 4.06. The number of amides is 1. The molecule has 1 aliphatic heterocycles. The number of hydrogen-bond donors (Lipinski definition) is 1. The highest BCUT2D eigenvalue weighted by Crippen LogP contribution is 2.30. The summed E-state index contributed by atoms with van der Waals surface area (Å²) >= 11 is 0.768. The van der Waals surface area contributed by atoms with E-state index in [4.69, 9.17) is 4.74 Å². The van der Waals surface area contributed by atoms with Crippen LogP contribution in [0.2, 0.25) is 0 Å². The fraction of sp³-hybridized carbons (Fsp3) is 0.385. The minimum absolute atomic E-state index is 0.0132. The van der Waals surface area contributed by atoms with Crippen LogP contribution in [0.3, 0.4) is 0 Å². The zero-order chi connectivity index (χ0) is 18.2. The number of rotatable bonds is 3. The molecule has 1 aromatic heterocycles. The number of alkyl halides is 3. The van der Waals surface area contributed by atoms with Gasteiger partial charge < -0.3 is 4.74 Å². The van der Waals surface area contributed by atoms with E-state index in [1.54, 1.807) is 5.32 Å². The molecule has 1 amide bonds. The van der Waals surface area contributed by atoms with Gasteiger partial charge in [0.15, 0.2) is 5.13 Å². The average Bonchev–Trinajstić information content (AvgIpc) is 2.96. The van der Waals surface area contributed by atoms with Gasteiger partial charge in [-0.15, -0.1) is 0 Å². The number of fused-ring (bicyclic) bond motifs is 1. The Morgan fingerprint density at radius 2 is 1.96 bits per heavy atom. The van der Waals surface area contributed by atoms with Crippen molar-refractivity contribution in [2.24, 2.45) is 0 Å². The van der Waals surface area contributed by atoms with Crippen LogP contribution < -0.4 is 5.32 Å². The zero-order valence-corrected chi connectivity index (χ0v) is 14.2. The van der Waals surface area contributed by atoms with E-state index in [1.165, 1.54) is 22.5 Å². The van der Waals surface area contributed by atoms with E-state index < -0.39 is 22.1 Å². The molecule has 3 rings (SSSR count). The monoisotopic (exact) mass is 395 g/mol. The third kappa shape index (κ3) is 3.76. The van der Waals surface area contributed by atoms with Crippen molar-refractivity contribution in [1.29, 1.82) is 0 Å². The number of anilines is 1. The number of hydrogen-bond acceptors (Lipinski definition) is 6. The molecule has 0 radical (unpaired) electrons. The molecule has 0 spiro atoms. The Balaban J connectivity index is 1.89. The Kier molecular flexibility index (Phi) is 4.70. The molecule has 136 valence electrons. The van der Waals surface area contributed by atoms with Gasteiger partial charge in [-0.25, -0.2) is 13.4 Å². The molecule has 1 saturated heterocycles. The molecule has 1 aliphatic rings. The molecule has 2 heterocycles. The quantitative estimate of drug-likeness (QED) is 0.857. The number of sulfonamides is 1. The summed E-state index contributed by atoms with van der Waals surface area (Å²) in [6.45, 7) is 1.07. The number of ether oxygens (including phenoxy) is 1. The van der Waals surface area contributed by atoms with E-state index in [2.05, 4.69) is 4.98 Å². The molecule has 7 nitrogen and oxygen atoms in total. The van der Waals surface area contributed by atoms with Crippen molar-refractivity contribution in [3.05, 3.63) is 18.2 Å². The van der Waals surface area contributed by atoms with Crippen LogP contribution in [-0.2, 0) is 19.6 Å². The highest BCUT2D eigenvalue weighted by molar-refractivity contribution is 7.89. The van der Waals surface area contributed by atoms with Crippen molar-refractivity contribution < 1.29 is 31.1 Å². The molecular weight excluding hydrogens is 383 g/mol. The second-order valence-electron chi connectivity index (χ2n) is 5.12. The van der Waals surface area contributed by atoms with Crippen molar-refractivity contribution in [3.63, 3.8) is 0 Å². The first-order valence-electron chi connectivity index (χ1n) is 7.04. The number of thiazole rings is 1. The first-order valence-corrected chi connectivity index (χ1v) is 9.30. The van der Waals surface area contributed by atoms with Crippen LogP contribution in [0.4, 0.5) is 18.3 Å². The summed E-state index contributed by atoms with van der Waals surface area (Å²) in [5.41, 5.74) is 0.295. The highest BCUT2D eigenvalue weighted by atomic mass is 32.2. The maximum atomic E-state index is 12.6. The van der Waals surface area contributed by atoms with Gasteiger partial charge in [0, 0.05) is 13.1 Å². The molecule has 0 saturated carbocycles. The third-order valence-electron chi connectivity index (χ3n) is 3.45. The van der Waals surface area contributed by atoms with Crippen LogP contribution in [0.1, 0.15) is 0 Å². The lowest BCUT2D eigenvalue weighted by molar-refractivity contribution is -0.167. The molecule has 1 aromatic carbocycles. The topological polar surface area (TPSA) is 88.6 Å². The summed E-state index contributed by atoms with van der Waals surface area (Å²) in [5.74, 6) is -2.13. The van der Waals surface area contributed by atoms with Gasteiger partial charge in [0.05, 0.1) is 28.3 Å². The van der Waals surface area contributed by atoms with Crippen LogP contribution in [0.5, 0.6) is 0 Å². The lowest BCUT2D eigenvalue weighted by Gasteiger charge is -2.25. The van der Waals surface area contributed by atoms with Gasteiger partial charge in [-0.05, 0) is 18.2 Å². The van der Waals surface area contributed by atoms with E-state index in [0.29, 0.717) is 23.4 Å². The molecule has 0 aliphatic carbocycles.